The summed E-state index contributed by atoms with van der Waals surface area (Å²) in [7, 11) is 2.16. The standard InChI is InChI=1S/C20H25N3O.C2H2O4/c1-21-10-12-22(13-11-21)14-16(24)15-23-19-8-4-2-6-17(19)18-7-3-5-9-20(18)23;3-1(4)2(5)6/h2-9,16,24H,10-15H2,1H3;(H,3,4)(H,5,6). The summed E-state index contributed by atoms with van der Waals surface area (Å²) in [6.07, 6.45) is -0.354. The Morgan fingerprint density at radius 3 is 1.77 bits per heavy atom. The van der Waals surface area contributed by atoms with E-state index < -0.39 is 11.9 Å². The van der Waals surface area contributed by atoms with Crippen LogP contribution in [0.25, 0.3) is 21.8 Å². The number of hydrogen-bond acceptors (Lipinski definition) is 5. The number of fused-ring (bicyclic) bond motifs is 3. The molecule has 2 heterocycles. The van der Waals surface area contributed by atoms with Gasteiger partial charge >= 0.3 is 11.9 Å². The lowest BCUT2D eigenvalue weighted by Crippen LogP contribution is -2.47. The molecule has 0 amide bonds. The van der Waals surface area contributed by atoms with Crippen LogP contribution in [0.4, 0.5) is 0 Å². The second-order valence-corrected chi connectivity index (χ2v) is 7.51. The number of para-hydroxylation sites is 2. The van der Waals surface area contributed by atoms with Crippen molar-refractivity contribution in [3.8, 4) is 0 Å². The van der Waals surface area contributed by atoms with E-state index in [1.165, 1.54) is 21.8 Å². The summed E-state index contributed by atoms with van der Waals surface area (Å²) in [5, 5.41) is 28.0. The third kappa shape index (κ3) is 5.15. The molecule has 160 valence electrons. The smallest absolute Gasteiger partial charge is 0.414 e. The molecule has 3 aromatic rings. The molecular weight excluding hydrogens is 386 g/mol. The Hall–Kier alpha value is -2.94. The van der Waals surface area contributed by atoms with Crippen LogP contribution in [0, 0.1) is 0 Å². The maximum absolute atomic E-state index is 10.7. The normalized spacial score (nSPS) is 16.2. The first-order valence-corrected chi connectivity index (χ1v) is 9.88. The molecule has 1 unspecified atom stereocenters. The number of likely N-dealkylation sites (N-methyl/N-ethyl adjacent to an activating group) is 1. The molecule has 1 atom stereocenters. The predicted octanol–water partition coefficient (Wildman–Crippen LogP) is 1.56. The summed E-state index contributed by atoms with van der Waals surface area (Å²) in [6.45, 7) is 5.64. The van der Waals surface area contributed by atoms with E-state index in [9.17, 15) is 5.11 Å². The van der Waals surface area contributed by atoms with Gasteiger partial charge < -0.3 is 24.8 Å². The van der Waals surface area contributed by atoms with Crippen LogP contribution in [0.1, 0.15) is 0 Å². The number of aromatic nitrogens is 1. The van der Waals surface area contributed by atoms with Crippen molar-refractivity contribution in [3.05, 3.63) is 48.5 Å². The molecule has 1 fully saturated rings. The predicted molar refractivity (Wildman–Crippen MR) is 115 cm³/mol. The van der Waals surface area contributed by atoms with Gasteiger partial charge in [0, 0.05) is 54.5 Å². The van der Waals surface area contributed by atoms with Crippen LogP contribution in [0.15, 0.2) is 48.5 Å². The Labute approximate surface area is 174 Å². The second kappa shape index (κ2) is 9.71. The molecule has 0 saturated carbocycles. The first-order chi connectivity index (χ1) is 14.4. The van der Waals surface area contributed by atoms with Crippen molar-refractivity contribution in [1.82, 2.24) is 14.4 Å². The molecule has 30 heavy (non-hydrogen) atoms. The minimum atomic E-state index is -1.82. The quantitative estimate of drug-likeness (QED) is 0.557. The molecule has 2 aromatic carbocycles. The van der Waals surface area contributed by atoms with Crippen molar-refractivity contribution in [1.29, 1.82) is 0 Å². The summed E-state index contributed by atoms with van der Waals surface area (Å²) in [5.41, 5.74) is 2.41. The van der Waals surface area contributed by atoms with E-state index in [1.54, 1.807) is 0 Å². The Bertz CT molecular complexity index is 959. The van der Waals surface area contributed by atoms with E-state index in [-0.39, 0.29) is 6.10 Å². The Balaban J connectivity index is 0.000000377. The van der Waals surface area contributed by atoms with Gasteiger partial charge in [0.1, 0.15) is 0 Å². The highest BCUT2D eigenvalue weighted by atomic mass is 16.4. The largest absolute Gasteiger partial charge is 0.473 e. The third-order valence-corrected chi connectivity index (χ3v) is 5.32. The molecule has 0 aliphatic carbocycles. The molecule has 1 aliphatic heterocycles. The average Bonchev–Trinajstić information content (AvgIpc) is 3.04. The van der Waals surface area contributed by atoms with Crippen molar-refractivity contribution in [2.75, 3.05) is 39.8 Å². The number of benzene rings is 2. The van der Waals surface area contributed by atoms with E-state index >= 15 is 0 Å². The molecule has 8 heteroatoms. The van der Waals surface area contributed by atoms with E-state index in [0.717, 1.165) is 32.7 Å². The molecule has 1 saturated heterocycles. The number of hydrogen-bond donors (Lipinski definition) is 3. The van der Waals surface area contributed by atoms with Crippen molar-refractivity contribution in [2.45, 2.75) is 12.6 Å². The first kappa shape index (κ1) is 21.8. The number of rotatable bonds is 4. The molecule has 0 bridgehead atoms. The zero-order valence-electron chi connectivity index (χ0n) is 16.9. The van der Waals surface area contributed by atoms with E-state index in [0.29, 0.717) is 6.54 Å². The number of carbonyl (C=O) groups is 2. The molecule has 1 aromatic heterocycles. The van der Waals surface area contributed by atoms with Crippen LogP contribution in [-0.4, -0.2) is 87.5 Å². The van der Waals surface area contributed by atoms with Gasteiger partial charge in [-0.2, -0.15) is 0 Å². The SMILES string of the molecule is CN1CCN(CC(O)Cn2c3ccccc3c3ccccc32)CC1.O=C(O)C(=O)O. The summed E-state index contributed by atoms with van der Waals surface area (Å²) < 4.78 is 2.27. The molecule has 4 rings (SSSR count). The molecular formula is C22H27N3O5. The van der Waals surface area contributed by atoms with E-state index in [1.807, 2.05) is 0 Å². The number of aliphatic carboxylic acids is 2. The summed E-state index contributed by atoms with van der Waals surface area (Å²) in [5.74, 6) is -3.65. The van der Waals surface area contributed by atoms with Crippen molar-refractivity contribution < 1.29 is 24.9 Å². The lowest BCUT2D eigenvalue weighted by molar-refractivity contribution is -0.159. The van der Waals surface area contributed by atoms with E-state index in [2.05, 4.69) is 69.9 Å². The lowest BCUT2D eigenvalue weighted by Gasteiger charge is -2.33. The number of carboxylic acid groups (broad SMARTS) is 2. The molecule has 0 radical (unpaired) electrons. The van der Waals surface area contributed by atoms with Crippen molar-refractivity contribution >= 4 is 33.7 Å². The minimum absolute atomic E-state index is 0.354. The first-order valence-electron chi connectivity index (χ1n) is 9.88. The molecule has 3 N–H and O–H groups in total. The highest BCUT2D eigenvalue weighted by Gasteiger charge is 2.19. The van der Waals surface area contributed by atoms with Gasteiger partial charge in [0.15, 0.2) is 0 Å². The van der Waals surface area contributed by atoms with E-state index in [4.69, 9.17) is 19.8 Å². The monoisotopic (exact) mass is 413 g/mol. The number of piperazine rings is 1. The molecule has 1 aliphatic rings. The van der Waals surface area contributed by atoms with Gasteiger partial charge in [-0.15, -0.1) is 0 Å². The zero-order valence-corrected chi connectivity index (χ0v) is 16.9. The minimum Gasteiger partial charge on any atom is -0.473 e. The fourth-order valence-corrected chi connectivity index (χ4v) is 3.80. The fourth-order valence-electron chi connectivity index (χ4n) is 3.80. The van der Waals surface area contributed by atoms with Gasteiger partial charge in [0.25, 0.3) is 0 Å². The Morgan fingerprint density at radius 2 is 1.30 bits per heavy atom. The van der Waals surface area contributed by atoms with Crippen LogP contribution in [0.5, 0.6) is 0 Å². The van der Waals surface area contributed by atoms with Crippen molar-refractivity contribution in [3.63, 3.8) is 0 Å². The Kier molecular flexibility index (Phi) is 7.04. The maximum atomic E-state index is 10.7. The maximum Gasteiger partial charge on any atom is 0.414 e. The topological polar surface area (TPSA) is 106 Å². The summed E-state index contributed by atoms with van der Waals surface area (Å²) >= 11 is 0. The van der Waals surface area contributed by atoms with Gasteiger partial charge in [-0.1, -0.05) is 36.4 Å². The molecule has 0 spiro atoms. The summed E-state index contributed by atoms with van der Waals surface area (Å²) in [4.78, 5) is 22.9. The number of aliphatic hydroxyl groups excluding tert-OH is 1. The second-order valence-electron chi connectivity index (χ2n) is 7.51. The van der Waals surface area contributed by atoms with Gasteiger partial charge in [-0.3, -0.25) is 4.90 Å². The number of aliphatic hydroxyl groups is 1. The molecule has 8 nitrogen and oxygen atoms in total. The van der Waals surface area contributed by atoms with Crippen LogP contribution >= 0.6 is 0 Å². The Morgan fingerprint density at radius 1 is 0.833 bits per heavy atom. The fraction of sp³-hybridized carbons (Fsp3) is 0.364. The van der Waals surface area contributed by atoms with Gasteiger partial charge in [-0.05, 0) is 19.2 Å². The highest BCUT2D eigenvalue weighted by Crippen LogP contribution is 2.28. The highest BCUT2D eigenvalue weighted by molar-refractivity contribution is 6.27. The van der Waals surface area contributed by atoms with Gasteiger partial charge in [0.05, 0.1) is 12.6 Å². The van der Waals surface area contributed by atoms with Crippen LogP contribution in [-0.2, 0) is 16.1 Å². The number of nitrogens with zero attached hydrogens (tertiary/aromatic N) is 3. The van der Waals surface area contributed by atoms with Crippen LogP contribution < -0.4 is 0 Å². The van der Waals surface area contributed by atoms with Crippen LogP contribution in [0.3, 0.4) is 0 Å². The third-order valence-electron chi connectivity index (χ3n) is 5.32. The van der Waals surface area contributed by atoms with Gasteiger partial charge in [0.2, 0.25) is 0 Å². The lowest BCUT2D eigenvalue weighted by atomic mass is 10.2. The average molecular weight is 413 g/mol. The number of β-amino-alcohol motifs (C(OH)–C–C–N with tert-alkyl or cyclic N) is 1. The number of carboxylic acids is 2. The van der Waals surface area contributed by atoms with Crippen molar-refractivity contribution in [2.24, 2.45) is 0 Å². The zero-order chi connectivity index (χ0) is 21.7. The van der Waals surface area contributed by atoms with Gasteiger partial charge in [-0.25, -0.2) is 9.59 Å². The van der Waals surface area contributed by atoms with Crippen LogP contribution in [0.2, 0.25) is 0 Å². The summed E-state index contributed by atoms with van der Waals surface area (Å²) in [6, 6.07) is 17.0.